The molecular weight excluding hydrogens is 414 g/mol. The van der Waals surface area contributed by atoms with Gasteiger partial charge in [0.2, 0.25) is 11.8 Å². The minimum atomic E-state index is -0.486. The molecule has 1 aliphatic rings. The maximum atomic E-state index is 13.0. The largest absolute Gasteiger partial charge is 0.348 e. The number of rotatable bonds is 6. The molecule has 1 saturated heterocycles. The predicted octanol–water partition coefficient (Wildman–Crippen LogP) is 4.23. The van der Waals surface area contributed by atoms with Crippen molar-refractivity contribution >= 4 is 29.1 Å². The van der Waals surface area contributed by atoms with Crippen LogP contribution in [0.15, 0.2) is 72.8 Å². The molecular formula is C27H27N3O3. The summed E-state index contributed by atoms with van der Waals surface area (Å²) >= 11 is 0. The van der Waals surface area contributed by atoms with Crippen molar-refractivity contribution in [2.45, 2.75) is 26.8 Å². The molecule has 4 rings (SSSR count). The molecule has 1 atom stereocenters. The number of hydrogen-bond donors (Lipinski definition) is 2. The minimum Gasteiger partial charge on any atom is -0.348 e. The third-order valence-corrected chi connectivity index (χ3v) is 6.03. The first-order valence-electron chi connectivity index (χ1n) is 11.0. The Bertz CT molecular complexity index is 1200. The molecule has 6 nitrogen and oxygen atoms in total. The number of anilines is 2. The Kier molecular flexibility index (Phi) is 6.54. The minimum absolute atomic E-state index is 0.0753. The molecule has 168 valence electrons. The van der Waals surface area contributed by atoms with Crippen molar-refractivity contribution in [1.29, 1.82) is 0 Å². The van der Waals surface area contributed by atoms with Gasteiger partial charge < -0.3 is 15.5 Å². The quantitative estimate of drug-likeness (QED) is 0.601. The topological polar surface area (TPSA) is 78.5 Å². The van der Waals surface area contributed by atoms with Crippen LogP contribution in [0.2, 0.25) is 0 Å². The van der Waals surface area contributed by atoms with Gasteiger partial charge in [0.25, 0.3) is 5.91 Å². The van der Waals surface area contributed by atoms with E-state index in [1.165, 1.54) is 0 Å². The van der Waals surface area contributed by atoms with Crippen LogP contribution >= 0.6 is 0 Å². The van der Waals surface area contributed by atoms with Gasteiger partial charge in [-0.25, -0.2) is 0 Å². The Hall–Kier alpha value is -3.93. The molecule has 0 aromatic heterocycles. The Balaban J connectivity index is 1.44. The summed E-state index contributed by atoms with van der Waals surface area (Å²) in [5.74, 6) is -1.09. The number of carbonyl (C=O) groups is 3. The normalized spacial score (nSPS) is 15.4. The molecule has 0 radical (unpaired) electrons. The van der Waals surface area contributed by atoms with E-state index in [0.717, 1.165) is 22.4 Å². The molecule has 0 spiro atoms. The third kappa shape index (κ3) is 4.95. The number of carbonyl (C=O) groups excluding carboxylic acids is 3. The smallest absolute Gasteiger partial charge is 0.253 e. The lowest BCUT2D eigenvalue weighted by Crippen LogP contribution is -2.29. The summed E-state index contributed by atoms with van der Waals surface area (Å²) in [5, 5.41) is 5.80. The number of para-hydroxylation sites is 2. The molecule has 3 aromatic carbocycles. The Morgan fingerprint density at radius 2 is 1.58 bits per heavy atom. The Morgan fingerprint density at radius 3 is 2.33 bits per heavy atom. The number of amides is 3. The number of hydrogen-bond acceptors (Lipinski definition) is 3. The van der Waals surface area contributed by atoms with Crippen molar-refractivity contribution in [2.24, 2.45) is 5.92 Å². The van der Waals surface area contributed by atoms with Gasteiger partial charge >= 0.3 is 0 Å². The Morgan fingerprint density at radius 1 is 0.909 bits per heavy atom. The maximum Gasteiger partial charge on any atom is 0.253 e. The molecule has 0 saturated carbocycles. The van der Waals surface area contributed by atoms with E-state index in [-0.39, 0.29) is 24.1 Å². The fourth-order valence-electron chi connectivity index (χ4n) is 4.09. The summed E-state index contributed by atoms with van der Waals surface area (Å²) in [6.45, 7) is 4.66. The first-order valence-corrected chi connectivity index (χ1v) is 11.0. The number of nitrogens with zero attached hydrogens (tertiary/aromatic N) is 1. The van der Waals surface area contributed by atoms with E-state index in [0.29, 0.717) is 24.3 Å². The van der Waals surface area contributed by atoms with Crippen LogP contribution < -0.4 is 15.5 Å². The first-order chi connectivity index (χ1) is 15.9. The van der Waals surface area contributed by atoms with Crippen LogP contribution in [-0.4, -0.2) is 24.3 Å². The van der Waals surface area contributed by atoms with Gasteiger partial charge in [-0.1, -0.05) is 54.6 Å². The maximum absolute atomic E-state index is 13.0. The van der Waals surface area contributed by atoms with Crippen molar-refractivity contribution in [1.82, 2.24) is 5.32 Å². The van der Waals surface area contributed by atoms with E-state index in [1.54, 1.807) is 29.2 Å². The molecule has 0 bridgehead atoms. The molecule has 33 heavy (non-hydrogen) atoms. The highest BCUT2D eigenvalue weighted by Crippen LogP contribution is 2.28. The summed E-state index contributed by atoms with van der Waals surface area (Å²) < 4.78 is 0. The summed E-state index contributed by atoms with van der Waals surface area (Å²) in [5.41, 5.74) is 4.78. The van der Waals surface area contributed by atoms with Gasteiger partial charge in [0.1, 0.15) is 0 Å². The third-order valence-electron chi connectivity index (χ3n) is 6.03. The molecule has 3 amide bonds. The van der Waals surface area contributed by atoms with Crippen LogP contribution in [0.25, 0.3) is 0 Å². The molecule has 0 aliphatic carbocycles. The van der Waals surface area contributed by atoms with Crippen molar-refractivity contribution in [3.05, 3.63) is 95.1 Å². The van der Waals surface area contributed by atoms with Crippen LogP contribution in [0.5, 0.6) is 0 Å². The molecule has 2 N–H and O–H groups in total. The average molecular weight is 442 g/mol. The molecule has 1 heterocycles. The van der Waals surface area contributed by atoms with Crippen LogP contribution in [0, 0.1) is 19.8 Å². The molecule has 3 aromatic rings. The van der Waals surface area contributed by atoms with Crippen LogP contribution in [0.3, 0.4) is 0 Å². The summed E-state index contributed by atoms with van der Waals surface area (Å²) in [6, 6.07) is 22.4. The number of nitrogens with one attached hydrogen (secondary N) is 2. The lowest BCUT2D eigenvalue weighted by Gasteiger charge is -2.19. The summed E-state index contributed by atoms with van der Waals surface area (Å²) in [4.78, 5) is 40.1. The average Bonchev–Trinajstić information content (AvgIpc) is 3.20. The molecule has 1 aliphatic heterocycles. The van der Waals surface area contributed by atoms with Gasteiger partial charge in [0.05, 0.1) is 17.2 Å². The predicted molar refractivity (Wildman–Crippen MR) is 129 cm³/mol. The fourth-order valence-corrected chi connectivity index (χ4v) is 4.09. The summed E-state index contributed by atoms with van der Waals surface area (Å²) in [6.07, 6.45) is 0.141. The van der Waals surface area contributed by atoms with E-state index in [1.807, 2.05) is 62.4 Å². The molecule has 0 unspecified atom stereocenters. The zero-order valence-corrected chi connectivity index (χ0v) is 18.8. The van der Waals surface area contributed by atoms with Crippen molar-refractivity contribution in [2.75, 3.05) is 16.8 Å². The zero-order chi connectivity index (χ0) is 23.4. The van der Waals surface area contributed by atoms with Gasteiger partial charge in [0.15, 0.2) is 0 Å². The second-order valence-electron chi connectivity index (χ2n) is 8.34. The van der Waals surface area contributed by atoms with E-state index >= 15 is 0 Å². The second kappa shape index (κ2) is 9.69. The van der Waals surface area contributed by atoms with Gasteiger partial charge in [-0.2, -0.15) is 0 Å². The Labute approximate surface area is 193 Å². The zero-order valence-electron chi connectivity index (χ0n) is 18.8. The summed E-state index contributed by atoms with van der Waals surface area (Å²) in [7, 11) is 0. The van der Waals surface area contributed by atoms with E-state index in [4.69, 9.17) is 0 Å². The van der Waals surface area contributed by atoms with Crippen molar-refractivity contribution in [3.63, 3.8) is 0 Å². The van der Waals surface area contributed by atoms with Gasteiger partial charge in [-0.3, -0.25) is 14.4 Å². The highest BCUT2D eigenvalue weighted by molar-refractivity contribution is 6.07. The van der Waals surface area contributed by atoms with Crippen molar-refractivity contribution < 1.29 is 14.4 Å². The van der Waals surface area contributed by atoms with E-state index in [9.17, 15) is 14.4 Å². The first kappa shape index (κ1) is 22.3. The SMILES string of the molecule is Cc1ccccc1CNC(=O)c1ccccc1NC(=O)[C@@H]1CC(=O)N(c2ccccc2C)C1. The van der Waals surface area contributed by atoms with E-state index < -0.39 is 5.92 Å². The number of benzene rings is 3. The van der Waals surface area contributed by atoms with Crippen LogP contribution in [0.4, 0.5) is 11.4 Å². The fraction of sp³-hybridized carbons (Fsp3) is 0.222. The van der Waals surface area contributed by atoms with Gasteiger partial charge in [-0.05, 0) is 48.7 Å². The van der Waals surface area contributed by atoms with E-state index in [2.05, 4.69) is 10.6 Å². The lowest BCUT2D eigenvalue weighted by molar-refractivity contribution is -0.122. The highest BCUT2D eigenvalue weighted by Gasteiger charge is 2.36. The standard InChI is InChI=1S/C27H27N3O3/c1-18-9-3-5-11-20(18)16-28-27(33)22-12-6-7-13-23(22)29-26(32)21-15-25(31)30(17-21)24-14-8-4-10-19(24)2/h3-14,21H,15-17H2,1-2H3,(H,28,33)(H,29,32)/t21-/m1/s1. The molecule has 6 heteroatoms. The van der Waals surface area contributed by atoms with Crippen molar-refractivity contribution in [3.8, 4) is 0 Å². The van der Waals surface area contributed by atoms with Crippen LogP contribution in [0.1, 0.15) is 33.5 Å². The van der Waals surface area contributed by atoms with Gasteiger partial charge in [-0.15, -0.1) is 0 Å². The van der Waals surface area contributed by atoms with Crippen LogP contribution in [-0.2, 0) is 16.1 Å². The highest BCUT2D eigenvalue weighted by atomic mass is 16.2. The monoisotopic (exact) mass is 441 g/mol. The molecule has 1 fully saturated rings. The lowest BCUT2D eigenvalue weighted by atomic mass is 10.1. The van der Waals surface area contributed by atoms with Gasteiger partial charge in [0, 0.05) is 25.2 Å². The second-order valence-corrected chi connectivity index (χ2v) is 8.34. The number of aryl methyl sites for hydroxylation is 2.